The maximum absolute atomic E-state index is 12.3. The fourth-order valence-electron chi connectivity index (χ4n) is 1.58. The first-order valence-corrected chi connectivity index (χ1v) is 8.02. The number of hydrogen-bond acceptors (Lipinski definition) is 5. The lowest BCUT2D eigenvalue weighted by Gasteiger charge is -2.08. The number of benzene rings is 1. The van der Waals surface area contributed by atoms with Crippen LogP contribution in [0.15, 0.2) is 33.9 Å². The van der Waals surface area contributed by atoms with Crippen molar-refractivity contribution >= 4 is 26.0 Å². The van der Waals surface area contributed by atoms with Crippen LogP contribution in [0.2, 0.25) is 0 Å². The second kappa shape index (κ2) is 6.00. The van der Waals surface area contributed by atoms with Gasteiger partial charge in [0.25, 0.3) is 0 Å². The zero-order chi connectivity index (χ0) is 14.8. The first-order valence-electron chi connectivity index (χ1n) is 5.75. The molecule has 7 nitrogen and oxygen atoms in total. The molecule has 0 aliphatic carbocycles. The third-order valence-electron chi connectivity index (χ3n) is 2.59. The molecule has 3 N–H and O–H groups in total. The summed E-state index contributed by atoms with van der Waals surface area (Å²) in [5, 5.41) is 4.01. The Bertz CT molecular complexity index is 713. The topological polar surface area (TPSA) is 103 Å². The van der Waals surface area contributed by atoms with Crippen molar-refractivity contribution < 1.29 is 8.42 Å². The van der Waals surface area contributed by atoms with E-state index in [-0.39, 0.29) is 18.0 Å². The molecule has 0 aliphatic heterocycles. The highest BCUT2D eigenvalue weighted by molar-refractivity contribution is 9.10. The number of aryl methyl sites for hydroxylation is 1. The molecule has 9 heteroatoms. The van der Waals surface area contributed by atoms with Crippen molar-refractivity contribution in [1.29, 1.82) is 0 Å². The van der Waals surface area contributed by atoms with Crippen LogP contribution in [0.1, 0.15) is 11.4 Å². The lowest BCUT2D eigenvalue weighted by molar-refractivity contribution is 0.578. The van der Waals surface area contributed by atoms with E-state index in [1.165, 1.54) is 17.1 Å². The Morgan fingerprint density at radius 3 is 2.80 bits per heavy atom. The molecule has 108 valence electrons. The minimum atomic E-state index is -3.65. The standard InChI is InChI=1S/C11H14BrN5O2S/c1-17-7-14-11(16-17)6-15-20(18,19)10-4-8(5-13)2-3-9(10)12/h2-4,7,15H,5-6,13H2,1H3. The lowest BCUT2D eigenvalue weighted by atomic mass is 10.2. The van der Waals surface area contributed by atoms with Crippen molar-refractivity contribution in [3.8, 4) is 0 Å². The van der Waals surface area contributed by atoms with Gasteiger partial charge in [-0.05, 0) is 33.6 Å². The summed E-state index contributed by atoms with van der Waals surface area (Å²) in [4.78, 5) is 4.11. The Balaban J connectivity index is 2.21. The number of nitrogens with zero attached hydrogens (tertiary/aromatic N) is 3. The van der Waals surface area contributed by atoms with Gasteiger partial charge in [-0.2, -0.15) is 5.10 Å². The molecule has 2 aromatic rings. The summed E-state index contributed by atoms with van der Waals surface area (Å²) >= 11 is 3.23. The van der Waals surface area contributed by atoms with Crippen LogP contribution in [-0.2, 0) is 30.2 Å². The van der Waals surface area contributed by atoms with E-state index in [4.69, 9.17) is 5.73 Å². The van der Waals surface area contributed by atoms with E-state index in [9.17, 15) is 8.42 Å². The number of sulfonamides is 1. The molecule has 2 rings (SSSR count). The van der Waals surface area contributed by atoms with Gasteiger partial charge in [0.2, 0.25) is 10.0 Å². The third-order valence-corrected chi connectivity index (χ3v) is 4.98. The SMILES string of the molecule is Cn1cnc(CNS(=O)(=O)c2cc(CN)ccc2Br)n1. The molecule has 0 fully saturated rings. The second-order valence-corrected chi connectivity index (χ2v) is 6.72. The maximum Gasteiger partial charge on any atom is 0.242 e. The van der Waals surface area contributed by atoms with E-state index < -0.39 is 10.0 Å². The molecular formula is C11H14BrN5O2S. The number of rotatable bonds is 5. The van der Waals surface area contributed by atoms with Crippen LogP contribution in [0.4, 0.5) is 0 Å². The van der Waals surface area contributed by atoms with Crippen molar-refractivity contribution in [2.75, 3.05) is 0 Å². The van der Waals surface area contributed by atoms with Crippen LogP contribution in [0.5, 0.6) is 0 Å². The minimum absolute atomic E-state index is 0.0302. The van der Waals surface area contributed by atoms with Crippen molar-refractivity contribution in [3.63, 3.8) is 0 Å². The Labute approximate surface area is 125 Å². The predicted octanol–water partition coefficient (Wildman–Crippen LogP) is 0.515. The molecule has 20 heavy (non-hydrogen) atoms. The molecule has 0 aliphatic rings. The number of hydrogen-bond donors (Lipinski definition) is 2. The summed E-state index contributed by atoms with van der Waals surface area (Å²) in [7, 11) is -1.94. The first kappa shape index (κ1) is 15.1. The average molecular weight is 360 g/mol. The second-order valence-electron chi connectivity index (χ2n) is 4.13. The highest BCUT2D eigenvalue weighted by Gasteiger charge is 2.18. The van der Waals surface area contributed by atoms with Crippen molar-refractivity contribution in [2.45, 2.75) is 18.0 Å². The minimum Gasteiger partial charge on any atom is -0.326 e. The zero-order valence-electron chi connectivity index (χ0n) is 10.7. The smallest absolute Gasteiger partial charge is 0.242 e. The van der Waals surface area contributed by atoms with E-state index in [1.54, 1.807) is 19.2 Å². The van der Waals surface area contributed by atoms with Gasteiger partial charge in [-0.1, -0.05) is 6.07 Å². The highest BCUT2D eigenvalue weighted by atomic mass is 79.9. The molecule has 0 bridgehead atoms. The molecule has 1 aromatic carbocycles. The van der Waals surface area contributed by atoms with E-state index in [0.717, 1.165) is 5.56 Å². The fourth-order valence-corrected chi connectivity index (χ4v) is 3.57. The molecule has 0 spiro atoms. The van der Waals surface area contributed by atoms with Gasteiger partial charge < -0.3 is 5.73 Å². The van der Waals surface area contributed by atoms with Gasteiger partial charge in [-0.15, -0.1) is 0 Å². The van der Waals surface area contributed by atoms with Gasteiger partial charge in [0, 0.05) is 18.1 Å². The molecular weight excluding hydrogens is 346 g/mol. The van der Waals surface area contributed by atoms with Crippen LogP contribution in [0.25, 0.3) is 0 Å². The van der Waals surface area contributed by atoms with E-state index in [2.05, 4.69) is 30.7 Å². The zero-order valence-corrected chi connectivity index (χ0v) is 13.1. The van der Waals surface area contributed by atoms with Crippen LogP contribution in [0.3, 0.4) is 0 Å². The van der Waals surface area contributed by atoms with Gasteiger partial charge in [0.15, 0.2) is 5.82 Å². The van der Waals surface area contributed by atoms with Crippen molar-refractivity contribution in [3.05, 3.63) is 40.4 Å². The van der Waals surface area contributed by atoms with Gasteiger partial charge in [-0.3, -0.25) is 4.68 Å². The van der Waals surface area contributed by atoms with Gasteiger partial charge in [0.05, 0.1) is 11.4 Å². The number of nitrogens with one attached hydrogen (secondary N) is 1. The maximum atomic E-state index is 12.3. The van der Waals surface area contributed by atoms with E-state index in [0.29, 0.717) is 10.3 Å². The Kier molecular flexibility index (Phi) is 4.53. The highest BCUT2D eigenvalue weighted by Crippen LogP contribution is 2.23. The summed E-state index contributed by atoms with van der Waals surface area (Å²) in [6, 6.07) is 4.97. The molecule has 0 saturated heterocycles. The van der Waals surface area contributed by atoms with Crippen LogP contribution < -0.4 is 10.5 Å². The fraction of sp³-hybridized carbons (Fsp3) is 0.273. The summed E-state index contributed by atoms with van der Waals surface area (Å²) in [6.07, 6.45) is 1.51. The third kappa shape index (κ3) is 3.42. The number of nitrogens with two attached hydrogens (primary N) is 1. The normalized spacial score (nSPS) is 11.8. The molecule has 0 radical (unpaired) electrons. The van der Waals surface area contributed by atoms with E-state index in [1.807, 2.05) is 0 Å². The Morgan fingerprint density at radius 2 is 2.20 bits per heavy atom. The first-order chi connectivity index (χ1) is 9.42. The molecule has 0 saturated carbocycles. The van der Waals surface area contributed by atoms with Crippen LogP contribution in [0, 0.1) is 0 Å². The van der Waals surface area contributed by atoms with Gasteiger partial charge >= 0.3 is 0 Å². The largest absolute Gasteiger partial charge is 0.326 e. The average Bonchev–Trinajstić information content (AvgIpc) is 2.83. The van der Waals surface area contributed by atoms with Crippen LogP contribution >= 0.6 is 15.9 Å². The van der Waals surface area contributed by atoms with E-state index >= 15 is 0 Å². The summed E-state index contributed by atoms with van der Waals surface area (Å²) < 4.78 is 29.0. The van der Waals surface area contributed by atoms with Crippen molar-refractivity contribution in [2.24, 2.45) is 12.8 Å². The summed E-state index contributed by atoms with van der Waals surface area (Å²) in [5.74, 6) is 0.405. The Morgan fingerprint density at radius 1 is 1.45 bits per heavy atom. The van der Waals surface area contributed by atoms with Gasteiger partial charge in [0.1, 0.15) is 6.33 Å². The molecule has 1 heterocycles. The monoisotopic (exact) mass is 359 g/mol. The van der Waals surface area contributed by atoms with Crippen LogP contribution in [-0.4, -0.2) is 23.2 Å². The van der Waals surface area contributed by atoms with Gasteiger partial charge in [-0.25, -0.2) is 18.1 Å². The quantitative estimate of drug-likeness (QED) is 0.809. The molecule has 0 atom stereocenters. The van der Waals surface area contributed by atoms with Crippen molar-refractivity contribution in [1.82, 2.24) is 19.5 Å². The number of aromatic nitrogens is 3. The predicted molar refractivity (Wildman–Crippen MR) is 77.1 cm³/mol. The Hall–Kier alpha value is -1.29. The summed E-state index contributed by atoms with van der Waals surface area (Å²) in [6.45, 7) is 0.306. The lowest BCUT2D eigenvalue weighted by Crippen LogP contribution is -2.24. The number of halogens is 1. The molecule has 1 aromatic heterocycles. The molecule has 0 amide bonds. The molecule has 0 unspecified atom stereocenters. The summed E-state index contributed by atoms with van der Waals surface area (Å²) in [5.41, 5.74) is 6.27.